The van der Waals surface area contributed by atoms with Crippen LogP contribution in [-0.2, 0) is 6.42 Å². The van der Waals surface area contributed by atoms with Crippen LogP contribution in [0.3, 0.4) is 0 Å². The zero-order valence-corrected chi connectivity index (χ0v) is 15.2. The Labute approximate surface area is 146 Å². The number of aromatic nitrogens is 2. The predicted molar refractivity (Wildman–Crippen MR) is 98.9 cm³/mol. The van der Waals surface area contributed by atoms with Gasteiger partial charge >= 0.3 is 0 Å². The van der Waals surface area contributed by atoms with Crippen molar-refractivity contribution in [3.63, 3.8) is 0 Å². The van der Waals surface area contributed by atoms with E-state index in [4.69, 9.17) is 5.73 Å². The molecule has 0 unspecified atom stereocenters. The van der Waals surface area contributed by atoms with Crippen molar-refractivity contribution >= 4 is 42.8 Å². The van der Waals surface area contributed by atoms with Crippen LogP contribution >= 0.6 is 31.9 Å². The minimum absolute atomic E-state index is 0.736. The molecule has 0 atom stereocenters. The molecule has 22 heavy (non-hydrogen) atoms. The number of pyridine rings is 1. The van der Waals surface area contributed by atoms with E-state index in [-0.39, 0.29) is 0 Å². The predicted octanol–water partition coefficient (Wildman–Crippen LogP) is 5.04. The quantitative estimate of drug-likeness (QED) is 0.566. The molecule has 0 fully saturated rings. The van der Waals surface area contributed by atoms with Crippen molar-refractivity contribution < 1.29 is 0 Å². The highest BCUT2D eigenvalue weighted by Crippen LogP contribution is 2.33. The second kappa shape index (κ2) is 6.94. The number of benzene rings is 1. The topological polar surface area (TPSA) is 54.7 Å². The van der Waals surface area contributed by atoms with Crippen molar-refractivity contribution in [2.24, 2.45) is 5.73 Å². The molecule has 0 saturated heterocycles. The van der Waals surface area contributed by atoms with E-state index in [1.165, 1.54) is 10.9 Å². The summed E-state index contributed by atoms with van der Waals surface area (Å²) >= 11 is 7.07. The monoisotopic (exact) mass is 421 g/mol. The molecule has 0 aliphatic carbocycles. The number of nitrogens with one attached hydrogen (secondary N) is 1. The molecule has 0 aliphatic heterocycles. The van der Waals surface area contributed by atoms with E-state index in [0.29, 0.717) is 0 Å². The molecule has 1 aromatic carbocycles. The molecule has 3 rings (SSSR count). The van der Waals surface area contributed by atoms with Gasteiger partial charge in [-0.25, -0.2) is 0 Å². The molecule has 0 amide bonds. The number of H-pyrrole nitrogens is 1. The molecular formula is C17H17Br2N3. The molecule has 5 heteroatoms. The molecule has 0 spiro atoms. The van der Waals surface area contributed by atoms with Crippen LogP contribution in [0.25, 0.3) is 22.2 Å². The van der Waals surface area contributed by atoms with Crippen molar-refractivity contribution in [2.45, 2.75) is 19.3 Å². The second-order valence-corrected chi connectivity index (χ2v) is 7.14. The van der Waals surface area contributed by atoms with Gasteiger partial charge in [0.1, 0.15) is 0 Å². The van der Waals surface area contributed by atoms with Crippen LogP contribution in [-0.4, -0.2) is 16.5 Å². The van der Waals surface area contributed by atoms with Gasteiger partial charge in [0.05, 0.1) is 5.69 Å². The first-order valence-electron chi connectivity index (χ1n) is 7.30. The lowest BCUT2D eigenvalue weighted by molar-refractivity contribution is 0.748. The number of hydrogen-bond acceptors (Lipinski definition) is 2. The van der Waals surface area contributed by atoms with Gasteiger partial charge in [-0.3, -0.25) is 4.98 Å². The smallest absolute Gasteiger partial charge is 0.0513 e. The maximum Gasteiger partial charge on any atom is 0.0513 e. The third kappa shape index (κ3) is 3.26. The van der Waals surface area contributed by atoms with E-state index in [0.717, 1.165) is 51.5 Å². The van der Waals surface area contributed by atoms with E-state index in [1.54, 1.807) is 6.20 Å². The van der Waals surface area contributed by atoms with Crippen LogP contribution in [0.2, 0.25) is 0 Å². The number of aryl methyl sites for hydroxylation is 1. The van der Waals surface area contributed by atoms with Gasteiger partial charge in [-0.05, 0) is 71.6 Å². The van der Waals surface area contributed by atoms with Crippen molar-refractivity contribution in [1.82, 2.24) is 9.97 Å². The number of aromatic amines is 1. The lowest BCUT2D eigenvalue weighted by Crippen LogP contribution is -1.99. The number of halogens is 2. The van der Waals surface area contributed by atoms with E-state index >= 15 is 0 Å². The SMILES string of the molecule is NCCCCc1c(-c2cncc(Br)c2)[nH]c2ccc(Br)cc12. The van der Waals surface area contributed by atoms with Crippen molar-refractivity contribution in [3.05, 3.63) is 51.2 Å². The summed E-state index contributed by atoms with van der Waals surface area (Å²) in [5.41, 5.74) is 10.4. The van der Waals surface area contributed by atoms with Crippen LogP contribution < -0.4 is 5.73 Å². The fourth-order valence-corrected chi connectivity index (χ4v) is 3.45. The van der Waals surface area contributed by atoms with E-state index < -0.39 is 0 Å². The van der Waals surface area contributed by atoms with Crippen molar-refractivity contribution in [3.8, 4) is 11.3 Å². The van der Waals surface area contributed by atoms with Crippen molar-refractivity contribution in [2.75, 3.05) is 6.54 Å². The summed E-state index contributed by atoms with van der Waals surface area (Å²) in [7, 11) is 0. The van der Waals surface area contributed by atoms with Gasteiger partial charge in [0.2, 0.25) is 0 Å². The molecule has 0 bridgehead atoms. The highest BCUT2D eigenvalue weighted by Gasteiger charge is 2.13. The summed E-state index contributed by atoms with van der Waals surface area (Å²) < 4.78 is 2.08. The highest BCUT2D eigenvalue weighted by atomic mass is 79.9. The van der Waals surface area contributed by atoms with Crippen LogP contribution in [0.15, 0.2) is 45.6 Å². The second-order valence-electron chi connectivity index (χ2n) is 5.31. The zero-order chi connectivity index (χ0) is 15.5. The van der Waals surface area contributed by atoms with Crippen LogP contribution in [0, 0.1) is 0 Å². The molecule has 0 radical (unpaired) electrons. The fraction of sp³-hybridized carbons (Fsp3) is 0.235. The maximum atomic E-state index is 5.64. The lowest BCUT2D eigenvalue weighted by atomic mass is 10.0. The molecule has 2 aromatic heterocycles. The van der Waals surface area contributed by atoms with Gasteiger partial charge in [-0.2, -0.15) is 0 Å². The third-order valence-electron chi connectivity index (χ3n) is 3.74. The molecule has 114 valence electrons. The molecule has 0 aliphatic rings. The minimum Gasteiger partial charge on any atom is -0.354 e. The Morgan fingerprint density at radius 2 is 1.91 bits per heavy atom. The van der Waals surface area contributed by atoms with Crippen molar-refractivity contribution in [1.29, 1.82) is 0 Å². The number of unbranched alkanes of at least 4 members (excludes halogenated alkanes) is 1. The average Bonchev–Trinajstić information content (AvgIpc) is 2.86. The summed E-state index contributed by atoms with van der Waals surface area (Å²) in [6.07, 6.45) is 6.84. The summed E-state index contributed by atoms with van der Waals surface area (Å²) in [6, 6.07) is 8.45. The third-order valence-corrected chi connectivity index (χ3v) is 4.67. The van der Waals surface area contributed by atoms with Gasteiger partial charge < -0.3 is 10.7 Å². The summed E-state index contributed by atoms with van der Waals surface area (Å²) in [4.78, 5) is 7.84. The molecule has 3 nitrogen and oxygen atoms in total. The van der Waals surface area contributed by atoms with Gasteiger partial charge in [-0.15, -0.1) is 0 Å². The number of hydrogen-bond donors (Lipinski definition) is 2. The Bertz CT molecular complexity index is 796. The number of rotatable bonds is 5. The van der Waals surface area contributed by atoms with E-state index in [2.05, 4.69) is 66.1 Å². The zero-order valence-electron chi connectivity index (χ0n) is 12.1. The Balaban J connectivity index is 2.13. The number of fused-ring (bicyclic) bond motifs is 1. The molecule has 3 aromatic rings. The standard InChI is InChI=1S/C17H17Br2N3/c18-12-4-5-16-15(8-12)14(3-1-2-6-20)17(22-16)11-7-13(19)10-21-9-11/h4-5,7-10,22H,1-3,6,20H2. The van der Waals surface area contributed by atoms with Gasteiger partial charge in [0.15, 0.2) is 0 Å². The largest absolute Gasteiger partial charge is 0.354 e. The number of nitrogens with two attached hydrogens (primary N) is 1. The number of nitrogens with zero attached hydrogens (tertiary/aromatic N) is 1. The Hall–Kier alpha value is -1.17. The first-order chi connectivity index (χ1) is 10.7. The van der Waals surface area contributed by atoms with Gasteiger partial charge in [0, 0.05) is 37.8 Å². The molecule has 3 N–H and O–H groups in total. The minimum atomic E-state index is 0.736. The van der Waals surface area contributed by atoms with Crippen LogP contribution in [0.1, 0.15) is 18.4 Å². The van der Waals surface area contributed by atoms with Gasteiger partial charge in [0.25, 0.3) is 0 Å². The van der Waals surface area contributed by atoms with Crippen LogP contribution in [0.5, 0.6) is 0 Å². The molecule has 2 heterocycles. The summed E-state index contributed by atoms with van der Waals surface area (Å²) in [5.74, 6) is 0. The van der Waals surface area contributed by atoms with Gasteiger partial charge in [-0.1, -0.05) is 15.9 Å². The average molecular weight is 423 g/mol. The summed E-state index contributed by atoms with van der Waals surface area (Å²) in [5, 5.41) is 1.27. The first-order valence-corrected chi connectivity index (χ1v) is 8.88. The normalized spacial score (nSPS) is 11.2. The lowest BCUT2D eigenvalue weighted by Gasteiger charge is -2.05. The fourth-order valence-electron chi connectivity index (χ4n) is 2.72. The molecular weight excluding hydrogens is 406 g/mol. The van der Waals surface area contributed by atoms with E-state index in [9.17, 15) is 0 Å². The highest BCUT2D eigenvalue weighted by molar-refractivity contribution is 9.10. The first kappa shape index (κ1) is 15.7. The Kier molecular flexibility index (Phi) is 4.96. The maximum absolute atomic E-state index is 5.64. The summed E-state index contributed by atoms with van der Waals surface area (Å²) in [6.45, 7) is 0.736. The Morgan fingerprint density at radius 1 is 1.05 bits per heavy atom. The molecule has 0 saturated carbocycles. The van der Waals surface area contributed by atoms with E-state index in [1.807, 2.05) is 6.20 Å². The Morgan fingerprint density at radius 3 is 2.68 bits per heavy atom. The van der Waals surface area contributed by atoms with Crippen LogP contribution in [0.4, 0.5) is 0 Å².